The molecule has 0 aliphatic rings. The monoisotopic (exact) mass is 1640 g/mol. The molecule has 32 heteroatoms. The molecule has 6 unspecified atom stereocenters. The van der Waals surface area contributed by atoms with Gasteiger partial charge in [-0.1, -0.05) is 96.9 Å². The number of esters is 4. The van der Waals surface area contributed by atoms with Crippen LogP contribution in [0.2, 0.25) is 0 Å². The summed E-state index contributed by atoms with van der Waals surface area (Å²) in [6.07, 6.45) is 9.65. The lowest BCUT2D eigenvalue weighted by Crippen LogP contribution is -2.28. The summed E-state index contributed by atoms with van der Waals surface area (Å²) in [5.41, 5.74) is -1.76. The van der Waals surface area contributed by atoms with Crippen LogP contribution >= 0.6 is 0 Å². The van der Waals surface area contributed by atoms with Crippen molar-refractivity contribution in [3.05, 3.63) is 0 Å². The Hall–Kier alpha value is -5.20. The second-order valence-electron chi connectivity index (χ2n) is 27.8. The fourth-order valence-corrected chi connectivity index (χ4v) is 4.30. The van der Waals surface area contributed by atoms with Crippen LogP contribution in [0.4, 0.5) is 9.59 Å². The van der Waals surface area contributed by atoms with E-state index in [2.05, 4.69) is 88.0 Å². The van der Waals surface area contributed by atoms with Gasteiger partial charge >= 0.3 is 48.1 Å². The van der Waals surface area contributed by atoms with Gasteiger partial charge in [0.05, 0.1) is 94.8 Å². The van der Waals surface area contributed by atoms with Gasteiger partial charge in [0.2, 0.25) is 0 Å². The molecule has 0 rings (SSSR count). The Balaban J connectivity index is -0.0000000976. The maximum absolute atomic E-state index is 11.2. The molecule has 0 bridgehead atoms. The molecular weight excluding hydrogens is 1470 g/mol. The largest absolute Gasteiger partial charge is 0.508 e. The summed E-state index contributed by atoms with van der Waals surface area (Å²) in [4.78, 5) is 121. The fraction of sp³-hybridized carbons (Fsp3) is 0.900. The molecular formula is C80H168O32. The predicted octanol–water partition coefficient (Wildman–Crippen LogP) is 17.6. The summed E-state index contributed by atoms with van der Waals surface area (Å²) >= 11 is 0. The molecule has 112 heavy (non-hydrogen) atoms. The molecule has 0 aliphatic carbocycles. The Kier molecular flexibility index (Phi) is 105. The first-order chi connectivity index (χ1) is 51.8. The molecule has 0 spiro atoms. The molecule has 0 radical (unpaired) electrons. The third-order valence-electron chi connectivity index (χ3n) is 15.4. The topological polar surface area (TPSA) is 358 Å². The molecule has 0 heterocycles. The van der Waals surface area contributed by atoms with E-state index >= 15 is 0 Å². The van der Waals surface area contributed by atoms with Gasteiger partial charge in [0.15, 0.2) is 13.6 Å². The third kappa shape index (κ3) is 107. The molecule has 0 fully saturated rings. The molecule has 0 aliphatic heterocycles. The average molecular weight is 1640 g/mol. The number of hydrogen-bond acceptors (Lipinski definition) is 32. The van der Waals surface area contributed by atoms with Crippen LogP contribution in [-0.4, -0.2) is 221 Å². The first-order valence-corrected chi connectivity index (χ1v) is 38.2. The van der Waals surface area contributed by atoms with Crippen molar-refractivity contribution in [1.29, 1.82) is 0 Å². The van der Waals surface area contributed by atoms with Gasteiger partial charge in [-0.15, -0.1) is 0 Å². The van der Waals surface area contributed by atoms with Crippen LogP contribution in [0.25, 0.3) is 0 Å². The number of carbonyl (C=O) groups excluding carboxylic acids is 8. The summed E-state index contributed by atoms with van der Waals surface area (Å²) in [5, 5.41) is 0. The van der Waals surface area contributed by atoms with Crippen molar-refractivity contribution in [2.45, 2.75) is 332 Å². The van der Waals surface area contributed by atoms with Gasteiger partial charge in [-0.05, 0) is 188 Å². The zero-order chi connectivity index (χ0) is 90.8. The van der Waals surface area contributed by atoms with E-state index in [1.807, 2.05) is 180 Å². The normalized spacial score (nSPS) is 12.2. The molecule has 0 saturated carbocycles. The van der Waals surface area contributed by atoms with Crippen LogP contribution < -0.4 is 0 Å². The van der Waals surface area contributed by atoms with Gasteiger partial charge in [-0.25, -0.2) is 48.3 Å². The molecule has 6 atom stereocenters. The number of rotatable bonds is 40. The number of carbonyl (C=O) groups is 8. The summed E-state index contributed by atoms with van der Waals surface area (Å²) in [6.45, 7) is 58.9. The van der Waals surface area contributed by atoms with E-state index in [4.69, 9.17) is 47.7 Å². The van der Waals surface area contributed by atoms with Gasteiger partial charge < -0.3 is 75.8 Å². The minimum Gasteiger partial charge on any atom is -0.461 e. The minimum absolute atomic E-state index is 0.00245. The molecule has 0 N–H and O–H groups in total. The first-order valence-electron chi connectivity index (χ1n) is 38.2. The summed E-state index contributed by atoms with van der Waals surface area (Å²) in [7, 11) is 17.5. The Morgan fingerprint density at radius 1 is 0.312 bits per heavy atom. The van der Waals surface area contributed by atoms with Crippen molar-refractivity contribution in [1.82, 2.24) is 0 Å². The van der Waals surface area contributed by atoms with Gasteiger partial charge in [0.1, 0.15) is 44.1 Å². The van der Waals surface area contributed by atoms with E-state index in [0.29, 0.717) is 19.7 Å². The van der Waals surface area contributed by atoms with Crippen molar-refractivity contribution in [3.8, 4) is 0 Å². The first kappa shape index (κ1) is 133. The lowest BCUT2D eigenvalue weighted by Gasteiger charge is -2.22. The van der Waals surface area contributed by atoms with Gasteiger partial charge in [-0.2, -0.15) is 9.78 Å². The van der Waals surface area contributed by atoms with Crippen LogP contribution in [-0.2, 0) is 144 Å². The smallest absolute Gasteiger partial charge is 0.461 e. The number of ether oxygens (including phenoxy) is 16. The minimum atomic E-state index is -0.619. The van der Waals surface area contributed by atoms with Crippen molar-refractivity contribution < 1.29 is 153 Å². The van der Waals surface area contributed by atoms with Crippen LogP contribution in [0.5, 0.6) is 0 Å². The summed E-state index contributed by atoms with van der Waals surface area (Å²) in [6, 6.07) is 0. The summed E-state index contributed by atoms with van der Waals surface area (Å²) < 4.78 is 75.8. The van der Waals surface area contributed by atoms with Crippen molar-refractivity contribution in [2.75, 3.05) is 126 Å². The number of hydrogen-bond donors (Lipinski definition) is 0. The van der Waals surface area contributed by atoms with E-state index in [1.165, 1.54) is 71.1 Å². The highest BCUT2D eigenvalue weighted by atomic mass is 17.2. The Morgan fingerprint density at radius 2 is 0.688 bits per heavy atom. The second-order valence-corrected chi connectivity index (χ2v) is 27.8. The quantitative estimate of drug-likeness (QED) is 0.0181. The van der Waals surface area contributed by atoms with Gasteiger partial charge in [0.25, 0.3) is 0 Å². The van der Waals surface area contributed by atoms with E-state index in [1.54, 1.807) is 21.1 Å². The molecule has 680 valence electrons. The zero-order valence-electron chi connectivity index (χ0n) is 78.3. The average Bonchev–Trinajstić information content (AvgIpc) is 0.899. The maximum Gasteiger partial charge on any atom is 0.508 e. The maximum atomic E-state index is 11.2. The standard InChI is InChI=1S/2C8H16O3.4C7H14O3.C7H16O2.2C6H12O3.2C6H14O2.C5H12O2/c1-5-8(2,3)7(9)11-6-10-4;1-5-8(2,3)11-7(9)6-10-4;1-5-7(2,3)10-6(8)9-4;1-5-7(2,3)6(8)10-9-4;1-4-6(2)7(8)10-5-9-3;1-4-6(2)10-7(8)5-9-3;1-5-7(2,3)9-6-8-4;1-4-5(2)9-6(7)8-3;1-4-5(2)6(7)9-8-3;1-5-6(2,3)8-7-4;1-4-6(2)8-5-7-3;1-4-5(2)7-6-3/h2*5-6H2,1-4H3;2*5H2,1-4H3;2*6H,4-5H2,1-3H3;5-6H2,1-4H3;2*5H,4H2,1-3H3;5H2,1-4H3;6H,4-5H2,1-3H3;5H,4H2,1-3H3. The molecule has 32 nitrogen and oxygen atoms in total. The van der Waals surface area contributed by atoms with Crippen molar-refractivity contribution in [2.24, 2.45) is 22.7 Å². The fourth-order valence-electron chi connectivity index (χ4n) is 4.30. The predicted molar refractivity (Wildman–Crippen MR) is 431 cm³/mol. The van der Waals surface area contributed by atoms with Gasteiger partial charge in [-0.3, -0.25) is 19.4 Å². The highest BCUT2D eigenvalue weighted by molar-refractivity contribution is 5.76. The highest BCUT2D eigenvalue weighted by Crippen LogP contribution is 2.23. The molecule has 0 amide bonds. The molecule has 0 aromatic heterocycles. The lowest BCUT2D eigenvalue weighted by molar-refractivity contribution is -0.335. The van der Waals surface area contributed by atoms with Gasteiger partial charge in [0, 0.05) is 42.7 Å². The van der Waals surface area contributed by atoms with E-state index in [-0.39, 0.29) is 110 Å². The zero-order valence-corrected chi connectivity index (χ0v) is 78.3. The highest BCUT2D eigenvalue weighted by Gasteiger charge is 2.29. The second kappa shape index (κ2) is 88.2. The van der Waals surface area contributed by atoms with Crippen LogP contribution in [0.1, 0.15) is 285 Å². The van der Waals surface area contributed by atoms with E-state index in [9.17, 15) is 38.4 Å². The van der Waals surface area contributed by atoms with Crippen molar-refractivity contribution >= 4 is 48.1 Å². The number of methoxy groups -OCH3 is 8. The van der Waals surface area contributed by atoms with E-state index < -0.39 is 28.7 Å². The van der Waals surface area contributed by atoms with Crippen LogP contribution in [0.15, 0.2) is 0 Å². The molecule has 0 saturated heterocycles. The SMILES string of the molecule is CCC(C)(C)C(=O)OCOC.CCC(C)(C)C(=O)OOC.CCC(C)(C)OC(=O)COC.CCC(C)(C)OC(=O)OC.CCC(C)(C)OCOC.CCC(C)(C)OOC.CCC(C)C(=O)OCOC.CCC(C)C(=O)OOC.CCC(C)OC(=O)COC.CCC(C)OC(=O)OC.CCC(C)OCOC.CCC(C)OOC. The third-order valence-corrected chi connectivity index (χ3v) is 15.4. The Bertz CT molecular complexity index is 2100. The van der Waals surface area contributed by atoms with Crippen LogP contribution in [0, 0.1) is 22.7 Å². The molecule has 0 aromatic rings. The Morgan fingerprint density at radius 3 is 1.01 bits per heavy atom. The lowest BCUT2D eigenvalue weighted by atomic mass is 9.91. The van der Waals surface area contributed by atoms with Crippen LogP contribution in [0.3, 0.4) is 0 Å². The van der Waals surface area contributed by atoms with Crippen molar-refractivity contribution in [3.63, 3.8) is 0 Å². The van der Waals surface area contributed by atoms with E-state index in [0.717, 1.165) is 77.0 Å². The Labute approximate surface area is 678 Å². The summed E-state index contributed by atoms with van der Waals surface area (Å²) in [5.74, 6) is -1.71. The molecule has 0 aromatic carbocycles.